The summed E-state index contributed by atoms with van der Waals surface area (Å²) >= 11 is 0. The second-order valence-corrected chi connectivity index (χ2v) is 9.95. The third-order valence-corrected chi connectivity index (χ3v) is 7.50. The largest absolute Gasteiger partial charge is 0.449 e. The predicted molar refractivity (Wildman–Crippen MR) is 141 cm³/mol. The topological polar surface area (TPSA) is 87.4 Å². The van der Waals surface area contributed by atoms with Crippen LogP contribution in [0.15, 0.2) is 60.8 Å². The normalized spacial score (nSPS) is 20.6. The minimum atomic E-state index is -4.82. The number of amides is 1. The molecule has 2 aliphatic rings. The van der Waals surface area contributed by atoms with E-state index in [2.05, 4.69) is 40.2 Å². The van der Waals surface area contributed by atoms with E-state index in [-0.39, 0.29) is 43.2 Å². The number of rotatable bonds is 3. The number of carbonyl (C=O) groups excluding carboxylic acids is 1. The Kier molecular flexibility index (Phi) is 6.81. The molecule has 2 N–H and O–H groups in total. The van der Waals surface area contributed by atoms with Gasteiger partial charge in [-0.1, -0.05) is 49.4 Å². The zero-order chi connectivity index (χ0) is 27.0. The molecule has 2 saturated heterocycles. The standard InChI is InChI=1S/C28H29F3N6O/c1-18-16-35(24-9-11-34-23-15-20(7-8-22(23)24)19-5-3-2-4-6-19)12-10-21(18)26(38)36-13-14-37(25(32)17-36)27(33)28(29,30)31/h2-9,11,15,18,21,32-33H,10,12-14,16-17H2,1H3. The van der Waals surface area contributed by atoms with Gasteiger partial charge in [-0.05, 0) is 35.6 Å². The maximum absolute atomic E-state index is 13.3. The fourth-order valence-electron chi connectivity index (χ4n) is 5.47. The van der Waals surface area contributed by atoms with Crippen molar-refractivity contribution in [2.45, 2.75) is 19.5 Å². The van der Waals surface area contributed by atoms with E-state index in [0.29, 0.717) is 24.4 Å². The third kappa shape index (κ3) is 4.94. The summed E-state index contributed by atoms with van der Waals surface area (Å²) < 4.78 is 38.8. The van der Waals surface area contributed by atoms with Crippen LogP contribution in [0.1, 0.15) is 13.3 Å². The molecule has 3 heterocycles. The van der Waals surface area contributed by atoms with E-state index in [0.717, 1.165) is 27.7 Å². The lowest BCUT2D eigenvalue weighted by molar-refractivity contribution is -0.137. The lowest BCUT2D eigenvalue weighted by atomic mass is 9.85. The molecule has 38 heavy (non-hydrogen) atoms. The van der Waals surface area contributed by atoms with Gasteiger partial charge in [0.15, 0.2) is 0 Å². The van der Waals surface area contributed by atoms with Crippen molar-refractivity contribution in [2.24, 2.45) is 11.8 Å². The van der Waals surface area contributed by atoms with Crippen molar-refractivity contribution >= 4 is 34.2 Å². The Morgan fingerprint density at radius 3 is 2.47 bits per heavy atom. The van der Waals surface area contributed by atoms with Crippen LogP contribution in [0.4, 0.5) is 18.9 Å². The highest BCUT2D eigenvalue weighted by Gasteiger charge is 2.43. The predicted octanol–water partition coefficient (Wildman–Crippen LogP) is 5.03. The Morgan fingerprint density at radius 1 is 1.03 bits per heavy atom. The summed E-state index contributed by atoms with van der Waals surface area (Å²) in [6.07, 6.45) is -2.41. The average Bonchev–Trinajstić information content (AvgIpc) is 2.91. The number of benzene rings is 2. The highest BCUT2D eigenvalue weighted by atomic mass is 19.4. The van der Waals surface area contributed by atoms with Crippen LogP contribution in [0.25, 0.3) is 22.0 Å². The Labute approximate surface area is 218 Å². The first-order valence-electron chi connectivity index (χ1n) is 12.6. The molecule has 1 amide bonds. The molecule has 0 bridgehead atoms. The lowest BCUT2D eigenvalue weighted by Gasteiger charge is -2.42. The summed E-state index contributed by atoms with van der Waals surface area (Å²) in [5.74, 6) is -2.33. The summed E-state index contributed by atoms with van der Waals surface area (Å²) in [6, 6.07) is 18.4. The number of nitrogens with one attached hydrogen (secondary N) is 2. The average molecular weight is 523 g/mol. The Morgan fingerprint density at radius 2 is 1.79 bits per heavy atom. The van der Waals surface area contributed by atoms with Crippen molar-refractivity contribution < 1.29 is 18.0 Å². The number of amidine groups is 2. The minimum Gasteiger partial charge on any atom is -0.371 e. The summed E-state index contributed by atoms with van der Waals surface area (Å²) in [4.78, 5) is 22.3. The van der Waals surface area contributed by atoms with Gasteiger partial charge in [-0.3, -0.25) is 20.6 Å². The lowest BCUT2D eigenvalue weighted by Crippen LogP contribution is -2.58. The highest BCUT2D eigenvalue weighted by molar-refractivity contribution is 6.03. The molecule has 2 aliphatic heterocycles. The number of anilines is 1. The second-order valence-electron chi connectivity index (χ2n) is 9.95. The molecule has 3 aromatic rings. The fourth-order valence-corrected chi connectivity index (χ4v) is 5.47. The van der Waals surface area contributed by atoms with Gasteiger partial charge in [0, 0.05) is 49.4 Å². The van der Waals surface area contributed by atoms with Gasteiger partial charge in [0.2, 0.25) is 11.7 Å². The molecule has 7 nitrogen and oxygen atoms in total. The van der Waals surface area contributed by atoms with Gasteiger partial charge in [0.1, 0.15) is 5.84 Å². The molecular formula is C28H29F3N6O. The molecule has 2 fully saturated rings. The molecule has 2 atom stereocenters. The van der Waals surface area contributed by atoms with Crippen LogP contribution in [0, 0.1) is 22.7 Å². The Bertz CT molecular complexity index is 1380. The molecule has 0 saturated carbocycles. The first-order chi connectivity index (χ1) is 18.1. The number of piperazine rings is 1. The SMILES string of the molecule is CC1CN(c2ccnc3cc(-c4ccccc4)ccc23)CCC1C(=O)N1CCN(C(=N)C(F)(F)F)C(=N)C1. The molecule has 0 aliphatic carbocycles. The van der Waals surface area contributed by atoms with Crippen molar-refractivity contribution in [3.05, 3.63) is 60.8 Å². The van der Waals surface area contributed by atoms with Gasteiger partial charge in [-0.25, -0.2) is 0 Å². The second kappa shape index (κ2) is 10.1. The maximum Gasteiger partial charge on any atom is 0.449 e. The van der Waals surface area contributed by atoms with E-state index in [1.54, 1.807) is 6.20 Å². The maximum atomic E-state index is 13.3. The van der Waals surface area contributed by atoms with Gasteiger partial charge >= 0.3 is 6.18 Å². The van der Waals surface area contributed by atoms with E-state index < -0.39 is 12.0 Å². The van der Waals surface area contributed by atoms with Gasteiger partial charge in [0.05, 0.1) is 12.1 Å². The minimum absolute atomic E-state index is 0.0174. The van der Waals surface area contributed by atoms with Crippen molar-refractivity contribution in [1.29, 1.82) is 10.8 Å². The summed E-state index contributed by atoms with van der Waals surface area (Å²) in [5.41, 5.74) is 4.18. The molecule has 10 heteroatoms. The molecule has 198 valence electrons. The molecular weight excluding hydrogens is 493 g/mol. The zero-order valence-electron chi connectivity index (χ0n) is 21.0. The van der Waals surface area contributed by atoms with E-state index in [1.807, 2.05) is 31.2 Å². The summed E-state index contributed by atoms with van der Waals surface area (Å²) in [5, 5.41) is 16.4. The molecule has 1 aromatic heterocycles. The molecule has 2 unspecified atom stereocenters. The van der Waals surface area contributed by atoms with Crippen molar-refractivity contribution in [1.82, 2.24) is 14.8 Å². The van der Waals surface area contributed by atoms with Crippen LogP contribution in [-0.2, 0) is 4.79 Å². The van der Waals surface area contributed by atoms with Crippen molar-refractivity contribution in [2.75, 3.05) is 37.6 Å². The van der Waals surface area contributed by atoms with E-state index in [4.69, 9.17) is 10.8 Å². The number of aromatic nitrogens is 1. The number of hydrogen-bond donors (Lipinski definition) is 2. The zero-order valence-corrected chi connectivity index (χ0v) is 21.0. The number of pyridine rings is 1. The number of alkyl halides is 3. The van der Waals surface area contributed by atoms with Gasteiger partial charge in [0.25, 0.3) is 0 Å². The Hall–Kier alpha value is -3.95. The summed E-state index contributed by atoms with van der Waals surface area (Å²) in [7, 11) is 0. The molecule has 5 rings (SSSR count). The van der Waals surface area contributed by atoms with Gasteiger partial charge < -0.3 is 14.7 Å². The van der Waals surface area contributed by atoms with E-state index in [1.165, 1.54) is 4.90 Å². The quantitative estimate of drug-likeness (QED) is 0.373. The monoisotopic (exact) mass is 522 g/mol. The van der Waals surface area contributed by atoms with Crippen molar-refractivity contribution in [3.8, 4) is 11.1 Å². The van der Waals surface area contributed by atoms with Gasteiger partial charge in [-0.15, -0.1) is 0 Å². The van der Waals surface area contributed by atoms with Crippen LogP contribution in [0.3, 0.4) is 0 Å². The Balaban J connectivity index is 1.27. The molecule has 2 aromatic carbocycles. The number of carbonyl (C=O) groups is 1. The van der Waals surface area contributed by atoms with Crippen LogP contribution >= 0.6 is 0 Å². The number of nitrogens with zero attached hydrogens (tertiary/aromatic N) is 4. The summed E-state index contributed by atoms with van der Waals surface area (Å²) in [6.45, 7) is 2.98. The first kappa shape index (κ1) is 25.7. The number of piperidine rings is 1. The fraction of sp³-hybridized carbons (Fsp3) is 0.357. The van der Waals surface area contributed by atoms with Gasteiger partial charge in [-0.2, -0.15) is 13.2 Å². The number of hydrogen-bond acceptors (Lipinski definition) is 5. The van der Waals surface area contributed by atoms with E-state index >= 15 is 0 Å². The molecule has 0 radical (unpaired) electrons. The van der Waals surface area contributed by atoms with E-state index in [9.17, 15) is 18.0 Å². The van der Waals surface area contributed by atoms with Crippen LogP contribution in [0.5, 0.6) is 0 Å². The van der Waals surface area contributed by atoms with Crippen LogP contribution in [-0.4, -0.2) is 71.3 Å². The number of fused-ring (bicyclic) bond motifs is 1. The smallest absolute Gasteiger partial charge is 0.371 e. The highest BCUT2D eigenvalue weighted by Crippen LogP contribution is 2.34. The third-order valence-electron chi connectivity index (χ3n) is 7.50. The molecule has 0 spiro atoms. The van der Waals surface area contributed by atoms with Crippen molar-refractivity contribution in [3.63, 3.8) is 0 Å². The first-order valence-corrected chi connectivity index (χ1v) is 12.6. The van der Waals surface area contributed by atoms with Crippen LogP contribution < -0.4 is 4.90 Å². The number of halogens is 3. The van der Waals surface area contributed by atoms with Crippen LogP contribution in [0.2, 0.25) is 0 Å².